The maximum Gasteiger partial charge on any atom is 0.370 e. The molecule has 0 saturated heterocycles. The van der Waals surface area contributed by atoms with Crippen LogP contribution in [-0.4, -0.2) is 35.7 Å². The van der Waals surface area contributed by atoms with E-state index in [1.54, 1.807) is 6.08 Å². The smallest absolute Gasteiger partial charge is 0.370 e. The van der Waals surface area contributed by atoms with Crippen LogP contribution in [0.5, 0.6) is 0 Å². The van der Waals surface area contributed by atoms with Gasteiger partial charge in [0.2, 0.25) is 12.0 Å². The molecule has 0 aliphatic carbocycles. The molecule has 0 saturated carbocycles. The van der Waals surface area contributed by atoms with E-state index in [2.05, 4.69) is 20.8 Å². The van der Waals surface area contributed by atoms with E-state index in [-0.39, 0.29) is 29.6 Å². The number of rotatable bonds is 6. The highest BCUT2D eigenvalue weighted by Gasteiger charge is 2.42. The number of hydrogen-bond donors (Lipinski definition) is 2. The third-order valence-electron chi connectivity index (χ3n) is 3.62. The first-order chi connectivity index (χ1) is 9.31. The Bertz CT molecular complexity index is 356. The zero-order chi connectivity index (χ0) is 15.3. The number of aliphatic hydroxyl groups excluding tert-OH is 1. The Balaban J connectivity index is 3.07. The molecule has 5 nitrogen and oxygen atoms in total. The third kappa shape index (κ3) is 4.21. The van der Waals surface area contributed by atoms with Gasteiger partial charge in [-0.1, -0.05) is 20.8 Å². The number of aliphatic carboxylic acids is 1. The van der Waals surface area contributed by atoms with Gasteiger partial charge in [0, 0.05) is 19.1 Å². The first kappa shape index (κ1) is 17.0. The van der Waals surface area contributed by atoms with Crippen molar-refractivity contribution in [3.63, 3.8) is 0 Å². The molecule has 3 atom stereocenters. The van der Waals surface area contributed by atoms with Gasteiger partial charge in [-0.15, -0.1) is 0 Å². The number of hydrogen-bond acceptors (Lipinski definition) is 4. The normalized spacial score (nSPS) is 26.9. The van der Waals surface area contributed by atoms with Gasteiger partial charge < -0.3 is 19.7 Å². The van der Waals surface area contributed by atoms with E-state index >= 15 is 0 Å². The Morgan fingerprint density at radius 1 is 1.45 bits per heavy atom. The fourth-order valence-corrected chi connectivity index (χ4v) is 2.69. The standard InChI is InChI=1S/C15H26O5/c1-5-19-14-10(7-6-8-16)11(15(2,3)4)9-12(20-14)13(17)18/h9-11,14,16H,5-8H2,1-4H3,(H,17,18)/t10-,11+,14-/m1/s1. The number of carbonyl (C=O) groups is 1. The molecule has 1 heterocycles. The monoisotopic (exact) mass is 286 g/mol. The molecule has 2 N–H and O–H groups in total. The molecular formula is C15H26O5. The van der Waals surface area contributed by atoms with Crippen LogP contribution in [0.4, 0.5) is 0 Å². The van der Waals surface area contributed by atoms with Gasteiger partial charge in [-0.3, -0.25) is 0 Å². The SMILES string of the molecule is CCO[C@@H]1OC(C(=O)O)=C[C@H](C(C)(C)C)[C@H]1CCCO. The second-order valence-corrected chi connectivity index (χ2v) is 6.20. The van der Waals surface area contributed by atoms with Gasteiger partial charge in [0.15, 0.2) is 0 Å². The molecule has 20 heavy (non-hydrogen) atoms. The van der Waals surface area contributed by atoms with Crippen LogP contribution in [0.15, 0.2) is 11.8 Å². The van der Waals surface area contributed by atoms with Crippen LogP contribution in [0.25, 0.3) is 0 Å². The summed E-state index contributed by atoms with van der Waals surface area (Å²) in [5.74, 6) is -1.02. The summed E-state index contributed by atoms with van der Waals surface area (Å²) in [6, 6.07) is 0. The van der Waals surface area contributed by atoms with Crippen LogP contribution in [-0.2, 0) is 14.3 Å². The average Bonchev–Trinajstić information content (AvgIpc) is 2.35. The lowest BCUT2D eigenvalue weighted by molar-refractivity contribution is -0.184. The molecule has 0 radical (unpaired) electrons. The highest BCUT2D eigenvalue weighted by Crippen LogP contribution is 2.42. The summed E-state index contributed by atoms with van der Waals surface area (Å²) < 4.78 is 11.1. The van der Waals surface area contributed by atoms with Crippen molar-refractivity contribution in [1.82, 2.24) is 0 Å². The van der Waals surface area contributed by atoms with Gasteiger partial charge >= 0.3 is 5.97 Å². The fraction of sp³-hybridized carbons (Fsp3) is 0.800. The van der Waals surface area contributed by atoms with Gasteiger partial charge in [-0.25, -0.2) is 4.79 Å². The Kier molecular flexibility index (Phi) is 6.02. The quantitative estimate of drug-likeness (QED) is 0.784. The average molecular weight is 286 g/mol. The van der Waals surface area contributed by atoms with Gasteiger partial charge in [0.25, 0.3) is 0 Å². The lowest BCUT2D eigenvalue weighted by atomic mass is 9.70. The summed E-state index contributed by atoms with van der Waals surface area (Å²) in [5, 5.41) is 18.2. The Labute approximate surface area is 120 Å². The minimum Gasteiger partial charge on any atom is -0.475 e. The molecule has 1 rings (SSSR count). The zero-order valence-electron chi connectivity index (χ0n) is 12.8. The van der Waals surface area contributed by atoms with Crippen molar-refractivity contribution < 1.29 is 24.5 Å². The van der Waals surface area contributed by atoms with Crippen molar-refractivity contribution in [1.29, 1.82) is 0 Å². The van der Waals surface area contributed by atoms with Crippen molar-refractivity contribution in [3.8, 4) is 0 Å². The minimum atomic E-state index is -1.07. The molecule has 116 valence electrons. The Morgan fingerprint density at radius 2 is 2.10 bits per heavy atom. The lowest BCUT2D eigenvalue weighted by Gasteiger charge is -2.42. The molecule has 0 bridgehead atoms. The summed E-state index contributed by atoms with van der Waals surface area (Å²) in [6.45, 7) is 8.67. The molecule has 1 aliphatic rings. The molecule has 0 aromatic rings. The first-order valence-corrected chi connectivity index (χ1v) is 7.15. The summed E-state index contributed by atoms with van der Waals surface area (Å²) in [7, 11) is 0. The van der Waals surface area contributed by atoms with E-state index in [0.717, 1.165) is 6.42 Å². The second kappa shape index (κ2) is 7.09. The van der Waals surface area contributed by atoms with Crippen LogP contribution in [0, 0.1) is 17.3 Å². The molecule has 0 unspecified atom stereocenters. The third-order valence-corrected chi connectivity index (χ3v) is 3.62. The molecular weight excluding hydrogens is 260 g/mol. The predicted molar refractivity (Wildman–Crippen MR) is 75.0 cm³/mol. The molecule has 0 aromatic carbocycles. The number of ether oxygens (including phenoxy) is 2. The van der Waals surface area contributed by atoms with Crippen molar-refractivity contribution in [2.45, 2.75) is 46.8 Å². The van der Waals surface area contributed by atoms with Crippen molar-refractivity contribution >= 4 is 5.97 Å². The second-order valence-electron chi connectivity index (χ2n) is 6.20. The van der Waals surface area contributed by atoms with E-state index < -0.39 is 12.3 Å². The van der Waals surface area contributed by atoms with Crippen LogP contribution in [0.1, 0.15) is 40.5 Å². The van der Waals surface area contributed by atoms with Crippen LogP contribution in [0.3, 0.4) is 0 Å². The van der Waals surface area contributed by atoms with E-state index in [0.29, 0.717) is 13.0 Å². The van der Waals surface area contributed by atoms with Gasteiger partial charge in [0.05, 0.1) is 0 Å². The molecule has 0 spiro atoms. The van der Waals surface area contributed by atoms with Gasteiger partial charge in [-0.2, -0.15) is 0 Å². The number of carboxylic acid groups (broad SMARTS) is 1. The lowest BCUT2D eigenvalue weighted by Crippen LogP contribution is -2.42. The zero-order valence-corrected chi connectivity index (χ0v) is 12.8. The minimum absolute atomic E-state index is 0.0328. The van der Waals surface area contributed by atoms with E-state index in [9.17, 15) is 9.90 Å². The fourth-order valence-electron chi connectivity index (χ4n) is 2.69. The largest absolute Gasteiger partial charge is 0.475 e. The highest BCUT2D eigenvalue weighted by molar-refractivity contribution is 5.84. The summed E-state index contributed by atoms with van der Waals surface area (Å²) >= 11 is 0. The van der Waals surface area contributed by atoms with E-state index in [1.807, 2.05) is 6.92 Å². The Hall–Kier alpha value is -1.07. The van der Waals surface area contributed by atoms with Crippen molar-refractivity contribution in [2.24, 2.45) is 17.3 Å². The topological polar surface area (TPSA) is 76.0 Å². The number of allylic oxidation sites excluding steroid dienone is 1. The molecule has 5 heteroatoms. The van der Waals surface area contributed by atoms with Gasteiger partial charge in [0.1, 0.15) is 0 Å². The summed E-state index contributed by atoms with van der Waals surface area (Å²) in [4.78, 5) is 11.2. The maximum atomic E-state index is 11.2. The van der Waals surface area contributed by atoms with E-state index in [4.69, 9.17) is 14.6 Å². The number of aliphatic hydroxyl groups is 1. The van der Waals surface area contributed by atoms with Crippen LogP contribution >= 0.6 is 0 Å². The molecule has 1 aliphatic heterocycles. The van der Waals surface area contributed by atoms with E-state index in [1.165, 1.54) is 0 Å². The molecule has 0 aromatic heterocycles. The van der Waals surface area contributed by atoms with Crippen LogP contribution < -0.4 is 0 Å². The molecule has 0 fully saturated rings. The van der Waals surface area contributed by atoms with Crippen molar-refractivity contribution in [2.75, 3.05) is 13.2 Å². The predicted octanol–water partition coefficient (Wildman–Crippen LogP) is 2.40. The van der Waals surface area contributed by atoms with Crippen molar-refractivity contribution in [3.05, 3.63) is 11.8 Å². The summed E-state index contributed by atoms with van der Waals surface area (Å²) in [5.41, 5.74) is -0.0973. The van der Waals surface area contributed by atoms with Gasteiger partial charge in [-0.05, 0) is 37.2 Å². The first-order valence-electron chi connectivity index (χ1n) is 7.15. The highest BCUT2D eigenvalue weighted by atomic mass is 16.7. The molecule has 0 amide bonds. The number of carboxylic acids is 1. The van der Waals surface area contributed by atoms with Crippen LogP contribution in [0.2, 0.25) is 0 Å². The Morgan fingerprint density at radius 3 is 2.55 bits per heavy atom. The maximum absolute atomic E-state index is 11.2. The summed E-state index contributed by atoms with van der Waals surface area (Å²) in [6.07, 6.45) is 2.53.